The number of amides is 2. The summed E-state index contributed by atoms with van der Waals surface area (Å²) in [6, 6.07) is 18.1. The molecule has 2 fully saturated rings. The Hall–Kier alpha value is -2.66. The molecule has 1 atom stereocenters. The van der Waals surface area contributed by atoms with Crippen LogP contribution in [0.15, 0.2) is 54.6 Å². The monoisotopic (exact) mass is 419 g/mol. The largest absolute Gasteiger partial charge is 0.341 e. The van der Waals surface area contributed by atoms with Crippen molar-refractivity contribution in [2.24, 2.45) is 0 Å². The highest BCUT2D eigenvalue weighted by molar-refractivity contribution is 5.96. The Labute approximate surface area is 185 Å². The highest BCUT2D eigenvalue weighted by Gasteiger charge is 2.31. The third kappa shape index (κ3) is 5.16. The first kappa shape index (κ1) is 21.6. The quantitative estimate of drug-likeness (QED) is 0.746. The summed E-state index contributed by atoms with van der Waals surface area (Å²) >= 11 is 0. The molecular formula is C26H33N3O2. The van der Waals surface area contributed by atoms with Crippen LogP contribution in [-0.2, 0) is 11.2 Å². The van der Waals surface area contributed by atoms with E-state index in [0.717, 1.165) is 56.6 Å². The fourth-order valence-corrected chi connectivity index (χ4v) is 4.72. The van der Waals surface area contributed by atoms with E-state index in [4.69, 9.17) is 0 Å². The van der Waals surface area contributed by atoms with Crippen LogP contribution in [0.25, 0.3) is 0 Å². The molecule has 0 aliphatic carbocycles. The number of carbonyl (C=O) groups is 2. The Bertz CT molecular complexity index is 885. The molecule has 2 aromatic carbocycles. The number of nitrogens with zero attached hydrogens (tertiary/aromatic N) is 3. The van der Waals surface area contributed by atoms with Crippen molar-refractivity contribution in [2.45, 2.75) is 38.6 Å². The van der Waals surface area contributed by atoms with Crippen molar-refractivity contribution in [1.82, 2.24) is 14.7 Å². The molecule has 1 unspecified atom stereocenters. The minimum Gasteiger partial charge on any atom is -0.341 e. The van der Waals surface area contributed by atoms with E-state index in [1.807, 2.05) is 53.1 Å². The average Bonchev–Trinajstić information content (AvgIpc) is 2.84. The van der Waals surface area contributed by atoms with Crippen LogP contribution in [0.5, 0.6) is 0 Å². The smallest absolute Gasteiger partial charge is 0.254 e. The van der Waals surface area contributed by atoms with Crippen LogP contribution in [0.3, 0.4) is 0 Å². The Morgan fingerprint density at radius 2 is 1.42 bits per heavy atom. The molecule has 5 heteroatoms. The van der Waals surface area contributed by atoms with E-state index in [1.165, 1.54) is 12.0 Å². The zero-order chi connectivity index (χ0) is 21.6. The minimum atomic E-state index is -0.110. The standard InChI is InChI=1S/C26H33N3O2/c1-21(25(30)28-14-8-3-9-15-28)27-16-18-29(19-17-27)26(31)24-13-7-6-12-23(24)20-22-10-4-2-5-11-22/h2,4-7,10-13,21H,3,8-9,14-20H2,1H3. The summed E-state index contributed by atoms with van der Waals surface area (Å²) in [5.74, 6) is 0.342. The lowest BCUT2D eigenvalue weighted by Crippen LogP contribution is -2.56. The van der Waals surface area contributed by atoms with Crippen molar-refractivity contribution in [3.05, 3.63) is 71.3 Å². The predicted molar refractivity (Wildman–Crippen MR) is 123 cm³/mol. The molecule has 2 saturated heterocycles. The van der Waals surface area contributed by atoms with Crippen LogP contribution in [0.1, 0.15) is 47.7 Å². The van der Waals surface area contributed by atoms with Gasteiger partial charge in [-0.2, -0.15) is 0 Å². The highest BCUT2D eigenvalue weighted by Crippen LogP contribution is 2.19. The molecule has 0 saturated carbocycles. The van der Waals surface area contributed by atoms with Crippen molar-refractivity contribution >= 4 is 11.8 Å². The average molecular weight is 420 g/mol. The van der Waals surface area contributed by atoms with Crippen molar-refractivity contribution < 1.29 is 9.59 Å². The Morgan fingerprint density at radius 1 is 0.774 bits per heavy atom. The number of piperidine rings is 1. The predicted octanol–water partition coefficient (Wildman–Crippen LogP) is 3.44. The van der Waals surface area contributed by atoms with E-state index in [-0.39, 0.29) is 17.9 Å². The first-order valence-corrected chi connectivity index (χ1v) is 11.6. The number of likely N-dealkylation sites (tertiary alicyclic amines) is 1. The molecule has 0 spiro atoms. The minimum absolute atomic E-state index is 0.0983. The molecule has 0 aromatic heterocycles. The van der Waals surface area contributed by atoms with Gasteiger partial charge in [-0.1, -0.05) is 48.5 Å². The molecule has 0 N–H and O–H groups in total. The summed E-state index contributed by atoms with van der Waals surface area (Å²) in [4.78, 5) is 32.4. The van der Waals surface area contributed by atoms with Gasteiger partial charge in [0.25, 0.3) is 5.91 Å². The summed E-state index contributed by atoms with van der Waals surface area (Å²) in [7, 11) is 0. The lowest BCUT2D eigenvalue weighted by atomic mass is 9.98. The normalized spacial score (nSPS) is 18.6. The van der Waals surface area contributed by atoms with Gasteiger partial charge in [-0.15, -0.1) is 0 Å². The molecule has 0 bridgehead atoms. The summed E-state index contributed by atoms with van der Waals surface area (Å²) < 4.78 is 0. The maximum Gasteiger partial charge on any atom is 0.254 e. The molecule has 5 nitrogen and oxygen atoms in total. The molecule has 31 heavy (non-hydrogen) atoms. The summed E-state index contributed by atoms with van der Waals surface area (Å²) in [5, 5.41) is 0. The van der Waals surface area contributed by atoms with E-state index in [9.17, 15) is 9.59 Å². The fourth-order valence-electron chi connectivity index (χ4n) is 4.72. The van der Waals surface area contributed by atoms with Crippen LogP contribution in [-0.4, -0.2) is 71.8 Å². The van der Waals surface area contributed by atoms with Crippen LogP contribution in [0.4, 0.5) is 0 Å². The fraction of sp³-hybridized carbons (Fsp3) is 0.462. The molecule has 2 amide bonds. The third-order valence-electron chi connectivity index (χ3n) is 6.66. The Kier molecular flexibility index (Phi) is 7.03. The van der Waals surface area contributed by atoms with Gasteiger partial charge in [0.15, 0.2) is 0 Å². The molecular weight excluding hydrogens is 386 g/mol. The SMILES string of the molecule is CC(C(=O)N1CCCCC1)N1CCN(C(=O)c2ccccc2Cc2ccccc2)CC1. The van der Waals surface area contributed by atoms with Gasteiger partial charge in [0.05, 0.1) is 6.04 Å². The van der Waals surface area contributed by atoms with E-state index < -0.39 is 0 Å². The van der Waals surface area contributed by atoms with Crippen molar-refractivity contribution in [2.75, 3.05) is 39.3 Å². The first-order chi connectivity index (χ1) is 15.1. The second-order valence-corrected chi connectivity index (χ2v) is 8.71. The zero-order valence-corrected chi connectivity index (χ0v) is 18.5. The first-order valence-electron chi connectivity index (χ1n) is 11.6. The van der Waals surface area contributed by atoms with Crippen LogP contribution in [0, 0.1) is 0 Å². The van der Waals surface area contributed by atoms with Crippen LogP contribution >= 0.6 is 0 Å². The van der Waals surface area contributed by atoms with Crippen LogP contribution in [0.2, 0.25) is 0 Å². The van der Waals surface area contributed by atoms with Gasteiger partial charge < -0.3 is 9.80 Å². The van der Waals surface area contributed by atoms with Gasteiger partial charge >= 0.3 is 0 Å². The summed E-state index contributed by atoms with van der Waals surface area (Å²) in [6.07, 6.45) is 4.21. The lowest BCUT2D eigenvalue weighted by Gasteiger charge is -2.39. The van der Waals surface area contributed by atoms with Crippen molar-refractivity contribution in [3.63, 3.8) is 0 Å². The maximum atomic E-state index is 13.3. The van der Waals surface area contributed by atoms with Gasteiger partial charge in [0.2, 0.25) is 5.91 Å². The number of carbonyl (C=O) groups excluding carboxylic acids is 2. The van der Waals surface area contributed by atoms with E-state index in [0.29, 0.717) is 13.1 Å². The van der Waals surface area contributed by atoms with Crippen molar-refractivity contribution in [3.8, 4) is 0 Å². The summed E-state index contributed by atoms with van der Waals surface area (Å²) in [5.41, 5.74) is 3.06. The molecule has 4 rings (SSSR count). The van der Waals surface area contributed by atoms with Gasteiger partial charge in [-0.3, -0.25) is 14.5 Å². The number of rotatable bonds is 5. The van der Waals surface area contributed by atoms with Gasteiger partial charge in [0, 0.05) is 44.8 Å². The lowest BCUT2D eigenvalue weighted by molar-refractivity contribution is -0.137. The molecule has 2 heterocycles. The van der Waals surface area contributed by atoms with E-state index >= 15 is 0 Å². The maximum absolute atomic E-state index is 13.3. The number of benzene rings is 2. The van der Waals surface area contributed by atoms with E-state index in [2.05, 4.69) is 23.1 Å². The zero-order valence-electron chi connectivity index (χ0n) is 18.5. The Morgan fingerprint density at radius 3 is 2.13 bits per heavy atom. The second-order valence-electron chi connectivity index (χ2n) is 8.71. The van der Waals surface area contributed by atoms with Gasteiger partial charge in [-0.25, -0.2) is 0 Å². The molecule has 164 valence electrons. The van der Waals surface area contributed by atoms with Gasteiger partial charge in [-0.05, 0) is 49.8 Å². The van der Waals surface area contributed by atoms with Crippen molar-refractivity contribution in [1.29, 1.82) is 0 Å². The van der Waals surface area contributed by atoms with Gasteiger partial charge in [0.1, 0.15) is 0 Å². The molecule has 2 aliphatic heterocycles. The third-order valence-corrected chi connectivity index (χ3v) is 6.66. The molecule has 0 radical (unpaired) electrons. The second kappa shape index (κ2) is 10.1. The summed E-state index contributed by atoms with van der Waals surface area (Å²) in [6.45, 7) is 6.61. The molecule has 2 aliphatic rings. The number of hydrogen-bond acceptors (Lipinski definition) is 3. The topological polar surface area (TPSA) is 43.9 Å². The number of piperazine rings is 1. The highest BCUT2D eigenvalue weighted by atomic mass is 16.2. The molecule has 2 aromatic rings. The van der Waals surface area contributed by atoms with Crippen LogP contribution < -0.4 is 0 Å². The number of hydrogen-bond donors (Lipinski definition) is 0. The van der Waals surface area contributed by atoms with E-state index in [1.54, 1.807) is 0 Å². The Balaban J connectivity index is 1.37.